The third kappa shape index (κ3) is 4.16. The highest BCUT2D eigenvalue weighted by atomic mass is 32.1. The molecule has 0 radical (unpaired) electrons. The summed E-state index contributed by atoms with van der Waals surface area (Å²) >= 11 is 1.46. The molecule has 1 N–H and O–H groups in total. The molecule has 1 aliphatic rings. The smallest absolute Gasteiger partial charge is 0.263 e. The highest BCUT2D eigenvalue weighted by molar-refractivity contribution is 7.12. The van der Waals surface area contributed by atoms with E-state index in [9.17, 15) is 9.59 Å². The lowest BCUT2D eigenvalue weighted by atomic mass is 10.0. The molecule has 5 nitrogen and oxygen atoms in total. The van der Waals surface area contributed by atoms with E-state index in [1.54, 1.807) is 12.4 Å². The largest absolute Gasteiger partial charge is 0.352 e. The van der Waals surface area contributed by atoms with Crippen molar-refractivity contribution in [2.45, 2.75) is 19.4 Å². The maximum Gasteiger partial charge on any atom is 0.263 e. The summed E-state index contributed by atoms with van der Waals surface area (Å²) < 4.78 is 0. The highest BCUT2D eigenvalue weighted by Crippen LogP contribution is 2.22. The van der Waals surface area contributed by atoms with Crippen LogP contribution in [0.25, 0.3) is 0 Å². The van der Waals surface area contributed by atoms with Gasteiger partial charge in [-0.1, -0.05) is 6.07 Å². The van der Waals surface area contributed by atoms with Crippen LogP contribution in [0.2, 0.25) is 0 Å². The summed E-state index contributed by atoms with van der Waals surface area (Å²) in [7, 11) is 0. The number of carbonyl (C=O) groups excluding carboxylic acids is 2. The normalized spacial score (nSPS) is 17.2. The van der Waals surface area contributed by atoms with E-state index in [1.807, 2.05) is 34.5 Å². The Kier molecular flexibility index (Phi) is 5.02. The maximum absolute atomic E-state index is 12.3. The lowest BCUT2D eigenvalue weighted by Crippen LogP contribution is -2.29. The lowest BCUT2D eigenvalue weighted by Gasteiger charge is -2.15. The molecule has 0 saturated carbocycles. The summed E-state index contributed by atoms with van der Waals surface area (Å²) in [5.41, 5.74) is 1.04. The van der Waals surface area contributed by atoms with E-state index in [4.69, 9.17) is 0 Å². The fourth-order valence-corrected chi connectivity index (χ4v) is 3.47. The van der Waals surface area contributed by atoms with Crippen molar-refractivity contribution in [1.29, 1.82) is 0 Å². The number of carbonyl (C=O) groups is 2. The van der Waals surface area contributed by atoms with Gasteiger partial charge in [0.25, 0.3) is 5.91 Å². The number of thiophene rings is 1. The van der Waals surface area contributed by atoms with Crippen molar-refractivity contribution in [2.24, 2.45) is 5.92 Å². The van der Waals surface area contributed by atoms with Crippen molar-refractivity contribution in [3.8, 4) is 0 Å². The number of nitrogens with one attached hydrogen (secondary N) is 1. The predicted molar refractivity (Wildman–Crippen MR) is 89.0 cm³/mol. The number of hydrogen-bond donors (Lipinski definition) is 1. The van der Waals surface area contributed by atoms with Gasteiger partial charge in [0, 0.05) is 38.4 Å². The van der Waals surface area contributed by atoms with E-state index in [1.165, 1.54) is 11.3 Å². The Morgan fingerprint density at radius 2 is 2.13 bits per heavy atom. The quantitative estimate of drug-likeness (QED) is 0.915. The van der Waals surface area contributed by atoms with Gasteiger partial charge in [-0.2, -0.15) is 0 Å². The molecule has 0 aliphatic carbocycles. The first-order valence-electron chi connectivity index (χ1n) is 7.71. The second kappa shape index (κ2) is 7.37. The molecule has 3 rings (SSSR count). The molecule has 6 heteroatoms. The van der Waals surface area contributed by atoms with Gasteiger partial charge in [0.1, 0.15) is 0 Å². The zero-order chi connectivity index (χ0) is 16.1. The summed E-state index contributed by atoms with van der Waals surface area (Å²) in [6.45, 7) is 1.92. The number of aromatic nitrogens is 1. The molecule has 2 amide bonds. The number of pyridine rings is 1. The molecule has 2 aromatic heterocycles. The fraction of sp³-hybridized carbons (Fsp3) is 0.353. The van der Waals surface area contributed by atoms with Gasteiger partial charge in [0.15, 0.2) is 0 Å². The molecule has 23 heavy (non-hydrogen) atoms. The number of amides is 2. The second-order valence-corrected chi connectivity index (χ2v) is 6.67. The molecule has 1 saturated heterocycles. The SMILES string of the molecule is O=C(CC1CCN(C(=O)c2cccs2)C1)NCc1ccncc1. The molecule has 0 aromatic carbocycles. The van der Waals surface area contributed by atoms with E-state index in [0.29, 0.717) is 19.5 Å². The van der Waals surface area contributed by atoms with Gasteiger partial charge in [-0.15, -0.1) is 11.3 Å². The molecular weight excluding hydrogens is 310 g/mol. The third-order valence-corrected chi connectivity index (χ3v) is 4.88. The molecule has 0 spiro atoms. The lowest BCUT2D eigenvalue weighted by molar-refractivity contribution is -0.122. The first-order valence-corrected chi connectivity index (χ1v) is 8.58. The van der Waals surface area contributed by atoms with Crippen molar-refractivity contribution < 1.29 is 9.59 Å². The minimum Gasteiger partial charge on any atom is -0.352 e. The van der Waals surface area contributed by atoms with Crippen molar-refractivity contribution >= 4 is 23.2 Å². The van der Waals surface area contributed by atoms with E-state index in [-0.39, 0.29) is 17.7 Å². The monoisotopic (exact) mass is 329 g/mol. The van der Waals surface area contributed by atoms with Gasteiger partial charge >= 0.3 is 0 Å². The number of hydrogen-bond acceptors (Lipinski definition) is 4. The number of rotatable bonds is 5. The summed E-state index contributed by atoms with van der Waals surface area (Å²) in [6, 6.07) is 7.51. The molecular formula is C17H19N3O2S. The molecule has 1 unspecified atom stereocenters. The summed E-state index contributed by atoms with van der Waals surface area (Å²) in [6.07, 6.45) is 4.79. The van der Waals surface area contributed by atoms with E-state index >= 15 is 0 Å². The van der Waals surface area contributed by atoms with Crippen molar-refractivity contribution in [3.05, 3.63) is 52.5 Å². The summed E-state index contributed by atoms with van der Waals surface area (Å²) in [4.78, 5) is 30.9. The van der Waals surface area contributed by atoms with Gasteiger partial charge in [-0.05, 0) is 41.5 Å². The topological polar surface area (TPSA) is 62.3 Å². The van der Waals surface area contributed by atoms with Gasteiger partial charge < -0.3 is 10.2 Å². The first-order chi connectivity index (χ1) is 11.2. The molecule has 1 fully saturated rings. The summed E-state index contributed by atoms with van der Waals surface area (Å²) in [5, 5.41) is 4.84. The standard InChI is InChI=1S/C17H19N3O2S/c21-16(19-11-13-3-6-18-7-4-13)10-14-5-8-20(12-14)17(22)15-2-1-9-23-15/h1-4,6-7,9,14H,5,8,10-12H2,(H,19,21). The number of nitrogens with zero attached hydrogens (tertiary/aromatic N) is 2. The molecule has 1 atom stereocenters. The van der Waals surface area contributed by atoms with Crippen LogP contribution in [-0.2, 0) is 11.3 Å². The van der Waals surface area contributed by atoms with Crippen LogP contribution in [0.4, 0.5) is 0 Å². The molecule has 2 aromatic rings. The van der Waals surface area contributed by atoms with E-state index in [0.717, 1.165) is 23.4 Å². The minimum atomic E-state index is 0.0391. The van der Waals surface area contributed by atoms with Crippen LogP contribution in [0, 0.1) is 5.92 Å². The molecule has 120 valence electrons. The molecule has 3 heterocycles. The van der Waals surface area contributed by atoms with Crippen LogP contribution in [-0.4, -0.2) is 34.8 Å². The Balaban J connectivity index is 1.44. The summed E-state index contributed by atoms with van der Waals surface area (Å²) in [5.74, 6) is 0.369. The molecule has 1 aliphatic heterocycles. The van der Waals surface area contributed by atoms with Gasteiger partial charge in [-0.25, -0.2) is 0 Å². The average Bonchev–Trinajstić information content (AvgIpc) is 3.25. The zero-order valence-electron chi connectivity index (χ0n) is 12.8. The van der Waals surface area contributed by atoms with Crippen molar-refractivity contribution in [3.63, 3.8) is 0 Å². The first kappa shape index (κ1) is 15.7. The third-order valence-electron chi connectivity index (χ3n) is 4.02. The van der Waals surface area contributed by atoms with Gasteiger partial charge in [-0.3, -0.25) is 14.6 Å². The predicted octanol–water partition coefficient (Wildman–Crippen LogP) is 2.31. The minimum absolute atomic E-state index is 0.0391. The van der Waals surface area contributed by atoms with Crippen LogP contribution < -0.4 is 5.32 Å². The van der Waals surface area contributed by atoms with Crippen LogP contribution in [0.15, 0.2) is 42.0 Å². The van der Waals surface area contributed by atoms with Crippen LogP contribution >= 0.6 is 11.3 Å². The van der Waals surface area contributed by atoms with Crippen LogP contribution in [0.1, 0.15) is 28.1 Å². The van der Waals surface area contributed by atoms with Gasteiger partial charge in [0.05, 0.1) is 4.88 Å². The second-order valence-electron chi connectivity index (χ2n) is 5.72. The Morgan fingerprint density at radius 1 is 1.30 bits per heavy atom. The highest BCUT2D eigenvalue weighted by Gasteiger charge is 2.28. The van der Waals surface area contributed by atoms with E-state index < -0.39 is 0 Å². The van der Waals surface area contributed by atoms with Crippen molar-refractivity contribution in [1.82, 2.24) is 15.2 Å². The van der Waals surface area contributed by atoms with Crippen LogP contribution in [0.3, 0.4) is 0 Å². The zero-order valence-corrected chi connectivity index (χ0v) is 13.6. The number of likely N-dealkylation sites (tertiary alicyclic amines) is 1. The maximum atomic E-state index is 12.3. The Bertz CT molecular complexity index is 658. The Labute approximate surface area is 139 Å². The van der Waals surface area contributed by atoms with Gasteiger partial charge in [0.2, 0.25) is 5.91 Å². The fourth-order valence-electron chi connectivity index (χ4n) is 2.78. The molecule has 0 bridgehead atoms. The Hall–Kier alpha value is -2.21. The van der Waals surface area contributed by atoms with E-state index in [2.05, 4.69) is 10.3 Å². The average molecular weight is 329 g/mol. The Morgan fingerprint density at radius 3 is 2.87 bits per heavy atom. The van der Waals surface area contributed by atoms with Crippen LogP contribution in [0.5, 0.6) is 0 Å². The van der Waals surface area contributed by atoms with Crippen molar-refractivity contribution in [2.75, 3.05) is 13.1 Å².